The smallest absolute Gasteiger partial charge is 0.268 e. The second kappa shape index (κ2) is 9.78. The fourth-order valence-electron chi connectivity index (χ4n) is 4.47. The molecule has 1 aliphatic rings. The first-order chi connectivity index (χ1) is 16.1. The van der Waals surface area contributed by atoms with Crippen molar-refractivity contribution in [3.05, 3.63) is 50.1 Å². The number of benzene rings is 1. The van der Waals surface area contributed by atoms with Gasteiger partial charge in [-0.1, -0.05) is 56.0 Å². The van der Waals surface area contributed by atoms with E-state index in [0.29, 0.717) is 10.8 Å². The van der Waals surface area contributed by atoms with Crippen molar-refractivity contribution in [2.24, 2.45) is 0 Å². The molecule has 6 nitrogen and oxygen atoms in total. The van der Waals surface area contributed by atoms with Crippen LogP contribution < -0.4 is 5.56 Å². The molecule has 0 bridgehead atoms. The van der Waals surface area contributed by atoms with E-state index in [1.54, 1.807) is 27.7 Å². The van der Waals surface area contributed by atoms with Crippen molar-refractivity contribution in [2.45, 2.75) is 57.1 Å². The molecule has 0 radical (unpaired) electrons. The molecule has 0 spiro atoms. The first kappa shape index (κ1) is 22.9. The first-order valence-electron chi connectivity index (χ1n) is 11.6. The Bertz CT molecular complexity index is 1340. The number of thiophene rings is 1. The second-order valence-corrected chi connectivity index (χ2v) is 11.3. The van der Waals surface area contributed by atoms with Gasteiger partial charge in [0.1, 0.15) is 4.83 Å². The van der Waals surface area contributed by atoms with Gasteiger partial charge in [-0.15, -0.1) is 21.5 Å². The minimum Gasteiger partial charge on any atom is -0.301 e. The Morgan fingerprint density at radius 2 is 1.91 bits per heavy atom. The molecule has 0 atom stereocenters. The quantitative estimate of drug-likeness (QED) is 0.225. The molecule has 3 aromatic heterocycles. The number of hydrogen-bond donors (Lipinski definition) is 0. The topological polar surface area (TPSA) is 55.4 Å². The van der Waals surface area contributed by atoms with Gasteiger partial charge < -0.3 is 4.90 Å². The summed E-state index contributed by atoms with van der Waals surface area (Å²) in [5.74, 6) is 1.56. The molecular formula is C24H28ClN5OS2. The third-order valence-corrected chi connectivity index (χ3v) is 8.70. The number of likely N-dealkylation sites (N-methyl/N-ethyl adjacent to an activating group) is 1. The van der Waals surface area contributed by atoms with E-state index in [-0.39, 0.29) is 5.56 Å². The zero-order valence-corrected chi connectivity index (χ0v) is 21.4. The molecule has 4 aromatic rings. The highest BCUT2D eigenvalue weighted by molar-refractivity contribution is 7.99. The summed E-state index contributed by atoms with van der Waals surface area (Å²) in [4.78, 5) is 18.4. The van der Waals surface area contributed by atoms with Gasteiger partial charge in [-0.2, -0.15) is 0 Å². The van der Waals surface area contributed by atoms with E-state index >= 15 is 0 Å². The van der Waals surface area contributed by atoms with Crippen LogP contribution in [0.2, 0.25) is 5.02 Å². The van der Waals surface area contributed by atoms with Gasteiger partial charge in [0.05, 0.1) is 11.1 Å². The van der Waals surface area contributed by atoms with Crippen molar-refractivity contribution in [2.75, 3.05) is 19.3 Å². The van der Waals surface area contributed by atoms with Crippen molar-refractivity contribution in [3.63, 3.8) is 0 Å². The monoisotopic (exact) mass is 501 g/mol. The third kappa shape index (κ3) is 4.34. The SMILES string of the molecule is CCCCCCCSc1nnc2n(-c3ccc(Cl)cc3)c(=O)c3c4c(sc3n12)CN(C)CC4. The molecule has 0 aliphatic carbocycles. The lowest BCUT2D eigenvalue weighted by atomic mass is 10.1. The molecule has 9 heteroatoms. The summed E-state index contributed by atoms with van der Waals surface area (Å²) in [6, 6.07) is 7.36. The first-order valence-corrected chi connectivity index (χ1v) is 13.8. The molecule has 1 aliphatic heterocycles. The van der Waals surface area contributed by atoms with E-state index in [1.165, 1.54) is 36.1 Å². The molecule has 0 fully saturated rings. The predicted molar refractivity (Wildman–Crippen MR) is 138 cm³/mol. The maximum atomic E-state index is 13.8. The second-order valence-electron chi connectivity index (χ2n) is 8.67. The Hall–Kier alpha value is -1.87. The molecule has 33 heavy (non-hydrogen) atoms. The fourth-order valence-corrected chi connectivity index (χ4v) is 7.00. The summed E-state index contributed by atoms with van der Waals surface area (Å²) in [6.07, 6.45) is 7.11. The van der Waals surface area contributed by atoms with Crippen molar-refractivity contribution in [3.8, 4) is 5.69 Å². The maximum absolute atomic E-state index is 13.8. The van der Waals surface area contributed by atoms with Gasteiger partial charge >= 0.3 is 0 Å². The number of thioether (sulfide) groups is 1. The van der Waals surface area contributed by atoms with Crippen molar-refractivity contribution in [1.82, 2.24) is 24.1 Å². The lowest BCUT2D eigenvalue weighted by molar-refractivity contribution is 0.318. The van der Waals surface area contributed by atoms with Crippen LogP contribution in [0.4, 0.5) is 0 Å². The van der Waals surface area contributed by atoms with E-state index in [1.807, 2.05) is 24.3 Å². The van der Waals surface area contributed by atoms with E-state index in [4.69, 9.17) is 11.6 Å². The average Bonchev–Trinajstić information content (AvgIpc) is 3.38. The standard InChI is InChI=1S/C24H28ClN5OS2/c1-3-4-5-6-7-14-32-24-27-26-23-29(17-10-8-16(25)9-11-17)21(31)20-18-12-13-28(2)15-19(18)33-22(20)30(23)24/h8-11H,3-7,12-15H2,1-2H3. The van der Waals surface area contributed by atoms with Gasteiger partial charge in [0.25, 0.3) is 5.56 Å². The number of nitrogens with zero attached hydrogens (tertiary/aromatic N) is 5. The zero-order chi connectivity index (χ0) is 22.9. The molecule has 1 aromatic carbocycles. The fraction of sp³-hybridized carbons (Fsp3) is 0.458. The van der Waals surface area contributed by atoms with Crippen LogP contribution in [0, 0.1) is 0 Å². The number of fused-ring (bicyclic) bond motifs is 5. The van der Waals surface area contributed by atoms with E-state index in [0.717, 1.165) is 52.7 Å². The highest BCUT2D eigenvalue weighted by Crippen LogP contribution is 2.35. The van der Waals surface area contributed by atoms with Crippen LogP contribution >= 0.6 is 34.7 Å². The number of hydrogen-bond acceptors (Lipinski definition) is 6. The number of aromatic nitrogens is 4. The highest BCUT2D eigenvalue weighted by Gasteiger charge is 2.26. The summed E-state index contributed by atoms with van der Waals surface area (Å²) in [6.45, 7) is 4.07. The van der Waals surface area contributed by atoms with Gasteiger partial charge in [-0.3, -0.25) is 4.79 Å². The lowest BCUT2D eigenvalue weighted by Gasteiger charge is -2.21. The Kier molecular flexibility index (Phi) is 6.79. The summed E-state index contributed by atoms with van der Waals surface area (Å²) < 4.78 is 3.80. The van der Waals surface area contributed by atoms with Gasteiger partial charge in [0.15, 0.2) is 5.16 Å². The number of unbranched alkanes of at least 4 members (excludes halogenated alkanes) is 4. The van der Waals surface area contributed by atoms with Crippen molar-refractivity contribution < 1.29 is 0 Å². The van der Waals surface area contributed by atoms with Gasteiger partial charge in [0, 0.05) is 28.7 Å². The molecule has 0 N–H and O–H groups in total. The van der Waals surface area contributed by atoms with Gasteiger partial charge in [-0.25, -0.2) is 8.97 Å². The minimum absolute atomic E-state index is 0.0228. The van der Waals surface area contributed by atoms with Gasteiger partial charge in [0.2, 0.25) is 5.78 Å². The molecule has 0 unspecified atom stereocenters. The van der Waals surface area contributed by atoms with Crippen LogP contribution in [-0.4, -0.2) is 43.4 Å². The van der Waals surface area contributed by atoms with E-state index in [9.17, 15) is 4.79 Å². The number of rotatable bonds is 8. The number of halogens is 1. The third-order valence-electron chi connectivity index (χ3n) is 6.23. The molecule has 0 amide bonds. The Morgan fingerprint density at radius 3 is 2.70 bits per heavy atom. The Balaban J connectivity index is 1.65. The van der Waals surface area contributed by atoms with Crippen LogP contribution in [-0.2, 0) is 13.0 Å². The molecule has 4 heterocycles. The normalized spacial score (nSPS) is 14.4. The van der Waals surface area contributed by atoms with Crippen LogP contribution in [0.3, 0.4) is 0 Å². The van der Waals surface area contributed by atoms with Crippen LogP contribution in [0.25, 0.3) is 21.7 Å². The molecule has 0 saturated heterocycles. The van der Waals surface area contributed by atoms with E-state index < -0.39 is 0 Å². The molecule has 174 valence electrons. The van der Waals surface area contributed by atoms with Gasteiger partial charge in [-0.05, 0) is 49.7 Å². The maximum Gasteiger partial charge on any atom is 0.268 e. The Labute approximate surface area is 206 Å². The van der Waals surface area contributed by atoms with Crippen LogP contribution in [0.1, 0.15) is 49.5 Å². The average molecular weight is 502 g/mol. The van der Waals surface area contributed by atoms with Crippen LogP contribution in [0.5, 0.6) is 0 Å². The van der Waals surface area contributed by atoms with Crippen molar-refractivity contribution >= 4 is 50.7 Å². The summed E-state index contributed by atoms with van der Waals surface area (Å²) in [5.41, 5.74) is 1.92. The minimum atomic E-state index is -0.0228. The van der Waals surface area contributed by atoms with Crippen molar-refractivity contribution in [1.29, 1.82) is 0 Å². The summed E-state index contributed by atoms with van der Waals surface area (Å²) in [7, 11) is 2.13. The highest BCUT2D eigenvalue weighted by atomic mass is 35.5. The molecular weight excluding hydrogens is 474 g/mol. The summed E-state index contributed by atoms with van der Waals surface area (Å²) in [5, 5.41) is 11.3. The molecule has 5 rings (SSSR count). The lowest BCUT2D eigenvalue weighted by Crippen LogP contribution is -2.27. The summed E-state index contributed by atoms with van der Waals surface area (Å²) >= 11 is 9.58. The zero-order valence-electron chi connectivity index (χ0n) is 19.0. The largest absolute Gasteiger partial charge is 0.301 e. The Morgan fingerprint density at radius 1 is 1.12 bits per heavy atom. The van der Waals surface area contributed by atoms with E-state index in [2.05, 4.69) is 33.5 Å². The molecule has 0 saturated carbocycles. The van der Waals surface area contributed by atoms with Crippen LogP contribution in [0.15, 0.2) is 34.2 Å². The predicted octanol–water partition coefficient (Wildman–Crippen LogP) is 5.80.